The highest BCUT2D eigenvalue weighted by Gasteiger charge is 2.42. The van der Waals surface area contributed by atoms with Crippen molar-refractivity contribution in [3.05, 3.63) is 29.9 Å². The summed E-state index contributed by atoms with van der Waals surface area (Å²) >= 11 is 0. The number of hydrogen-bond donors (Lipinski definition) is 1. The van der Waals surface area contributed by atoms with E-state index in [0.29, 0.717) is 26.2 Å². The summed E-state index contributed by atoms with van der Waals surface area (Å²) in [6.07, 6.45) is -8.87. The molecule has 15 heteroatoms. The molecule has 2 fully saturated rings. The molecular formula is C19H20F6N6O3. The molecule has 0 spiro atoms. The Balaban J connectivity index is 1.20. The second-order valence-corrected chi connectivity index (χ2v) is 8.02. The number of carbonyl (C=O) groups is 1. The molecule has 1 amide bonds. The van der Waals surface area contributed by atoms with E-state index in [4.69, 9.17) is 4.42 Å². The minimum atomic E-state index is -4.67. The molecule has 1 saturated carbocycles. The Labute approximate surface area is 189 Å². The Hall–Kier alpha value is -2.94. The summed E-state index contributed by atoms with van der Waals surface area (Å²) in [4.78, 5) is 19.2. The van der Waals surface area contributed by atoms with Gasteiger partial charge in [0, 0.05) is 32.1 Å². The van der Waals surface area contributed by atoms with Gasteiger partial charge in [0.05, 0.1) is 24.5 Å². The molecule has 2 aromatic rings. The van der Waals surface area contributed by atoms with Gasteiger partial charge < -0.3 is 14.6 Å². The molecule has 9 nitrogen and oxygen atoms in total. The lowest BCUT2D eigenvalue weighted by atomic mass is 9.82. The SMILES string of the molecule is O=C(CN1CCN(c2nnc(C3CC(OC(F)(F)F)C3)o2)CC1)Nc1ccc(C(F)(F)F)nc1. The van der Waals surface area contributed by atoms with Crippen LogP contribution in [0.4, 0.5) is 38.0 Å². The first-order chi connectivity index (χ1) is 16.0. The third-order valence-electron chi connectivity index (χ3n) is 5.52. The first-order valence-corrected chi connectivity index (χ1v) is 10.3. The van der Waals surface area contributed by atoms with Gasteiger partial charge in [0.1, 0.15) is 5.69 Å². The van der Waals surface area contributed by atoms with E-state index in [9.17, 15) is 31.1 Å². The Bertz CT molecular complexity index is 982. The van der Waals surface area contributed by atoms with Gasteiger partial charge in [-0.05, 0) is 25.0 Å². The molecule has 1 aliphatic carbocycles. The molecule has 0 atom stereocenters. The minimum Gasteiger partial charge on any atom is -0.408 e. The predicted octanol–water partition coefficient (Wildman–Crippen LogP) is 3.03. The Morgan fingerprint density at radius 2 is 1.79 bits per heavy atom. The lowest BCUT2D eigenvalue weighted by molar-refractivity contribution is -0.352. The molecule has 3 heterocycles. The summed E-state index contributed by atoms with van der Waals surface area (Å²) in [6.45, 7) is 1.96. The molecular weight excluding hydrogens is 474 g/mol. The van der Waals surface area contributed by atoms with Gasteiger partial charge in [-0.3, -0.25) is 14.4 Å². The highest BCUT2D eigenvalue weighted by Crippen LogP contribution is 2.41. The number of rotatable bonds is 6. The van der Waals surface area contributed by atoms with Gasteiger partial charge in [-0.2, -0.15) is 13.2 Å². The average molecular weight is 494 g/mol. The number of piperazine rings is 1. The van der Waals surface area contributed by atoms with E-state index in [-0.39, 0.29) is 42.9 Å². The standard InChI is InChI=1S/C19H20F6N6O3/c20-18(21,22)14-2-1-12(9-26-14)27-15(32)10-30-3-5-31(6-4-30)17-29-28-16(33-17)11-7-13(8-11)34-19(23,24)25/h1-2,9,11,13H,3-8,10H2,(H,27,32). The number of pyridine rings is 1. The zero-order valence-electron chi connectivity index (χ0n) is 17.6. The monoisotopic (exact) mass is 494 g/mol. The van der Waals surface area contributed by atoms with E-state index < -0.39 is 30.2 Å². The molecule has 4 rings (SSSR count). The quantitative estimate of drug-likeness (QED) is 0.613. The molecule has 0 aromatic carbocycles. The summed E-state index contributed by atoms with van der Waals surface area (Å²) in [5.41, 5.74) is -0.883. The first-order valence-electron chi connectivity index (χ1n) is 10.3. The zero-order valence-corrected chi connectivity index (χ0v) is 17.6. The zero-order chi connectivity index (χ0) is 24.5. The van der Waals surface area contributed by atoms with Gasteiger partial charge in [-0.15, -0.1) is 18.3 Å². The largest absolute Gasteiger partial charge is 0.522 e. The molecule has 0 bridgehead atoms. The van der Waals surface area contributed by atoms with Crippen molar-refractivity contribution < 1.29 is 40.3 Å². The van der Waals surface area contributed by atoms with Gasteiger partial charge in [0.25, 0.3) is 0 Å². The van der Waals surface area contributed by atoms with E-state index in [1.54, 1.807) is 0 Å². The summed E-state index contributed by atoms with van der Waals surface area (Å²) < 4.78 is 83.9. The van der Waals surface area contributed by atoms with Crippen molar-refractivity contribution in [1.82, 2.24) is 20.1 Å². The van der Waals surface area contributed by atoms with Crippen LogP contribution in [-0.4, -0.2) is 71.2 Å². The van der Waals surface area contributed by atoms with Gasteiger partial charge in [-0.1, -0.05) is 5.10 Å². The Morgan fingerprint density at radius 1 is 1.09 bits per heavy atom. The number of nitrogens with zero attached hydrogens (tertiary/aromatic N) is 5. The van der Waals surface area contributed by atoms with Crippen LogP contribution in [0.15, 0.2) is 22.7 Å². The molecule has 1 saturated heterocycles. The third-order valence-corrected chi connectivity index (χ3v) is 5.52. The number of nitrogens with one attached hydrogen (secondary N) is 1. The van der Waals surface area contributed by atoms with E-state index in [2.05, 4.69) is 25.2 Å². The van der Waals surface area contributed by atoms with Gasteiger partial charge in [-0.25, -0.2) is 4.98 Å². The molecule has 0 radical (unpaired) electrons. The van der Waals surface area contributed by atoms with Crippen LogP contribution in [0.5, 0.6) is 0 Å². The predicted molar refractivity (Wildman–Crippen MR) is 104 cm³/mol. The third kappa shape index (κ3) is 6.14. The number of halogens is 6. The van der Waals surface area contributed by atoms with Crippen molar-refractivity contribution in [2.75, 3.05) is 42.9 Å². The summed E-state index contributed by atoms with van der Waals surface area (Å²) in [5, 5.41) is 10.4. The topological polar surface area (TPSA) is 96.6 Å². The lowest BCUT2D eigenvalue weighted by Gasteiger charge is -2.34. The van der Waals surface area contributed by atoms with Crippen LogP contribution in [0, 0.1) is 0 Å². The highest BCUT2D eigenvalue weighted by molar-refractivity contribution is 5.92. The van der Waals surface area contributed by atoms with E-state index in [1.807, 2.05) is 9.80 Å². The molecule has 1 aliphatic heterocycles. The van der Waals surface area contributed by atoms with Crippen LogP contribution >= 0.6 is 0 Å². The molecule has 2 aromatic heterocycles. The van der Waals surface area contributed by atoms with Crippen LogP contribution in [0.3, 0.4) is 0 Å². The number of ether oxygens (including phenoxy) is 1. The molecule has 2 aliphatic rings. The number of aromatic nitrogens is 3. The number of anilines is 2. The van der Waals surface area contributed by atoms with Crippen LogP contribution in [0.2, 0.25) is 0 Å². The fraction of sp³-hybridized carbons (Fsp3) is 0.579. The number of hydrogen-bond acceptors (Lipinski definition) is 8. The maximum absolute atomic E-state index is 12.6. The fourth-order valence-corrected chi connectivity index (χ4v) is 3.71. The number of carbonyl (C=O) groups excluding carboxylic acids is 1. The van der Waals surface area contributed by atoms with Crippen molar-refractivity contribution >= 4 is 17.6 Å². The fourth-order valence-electron chi connectivity index (χ4n) is 3.71. The molecule has 1 N–H and O–H groups in total. The van der Waals surface area contributed by atoms with Crippen molar-refractivity contribution in [2.45, 2.75) is 37.4 Å². The van der Waals surface area contributed by atoms with Gasteiger partial charge in [0.15, 0.2) is 0 Å². The second-order valence-electron chi connectivity index (χ2n) is 8.02. The Kier molecular flexibility index (Phi) is 6.66. The molecule has 186 valence electrons. The maximum atomic E-state index is 12.6. The molecule has 34 heavy (non-hydrogen) atoms. The van der Waals surface area contributed by atoms with E-state index in [1.165, 1.54) is 0 Å². The first kappa shape index (κ1) is 24.2. The Morgan fingerprint density at radius 3 is 2.38 bits per heavy atom. The van der Waals surface area contributed by atoms with Crippen LogP contribution in [0.1, 0.15) is 30.3 Å². The number of amides is 1. The number of alkyl halides is 6. The smallest absolute Gasteiger partial charge is 0.408 e. The summed E-state index contributed by atoms with van der Waals surface area (Å²) in [7, 11) is 0. The summed E-state index contributed by atoms with van der Waals surface area (Å²) in [6, 6.07) is 2.19. The van der Waals surface area contributed by atoms with Gasteiger partial charge >= 0.3 is 18.6 Å². The maximum Gasteiger partial charge on any atom is 0.522 e. The van der Waals surface area contributed by atoms with Crippen molar-refractivity contribution in [3.63, 3.8) is 0 Å². The lowest BCUT2D eigenvalue weighted by Crippen LogP contribution is -2.48. The summed E-state index contributed by atoms with van der Waals surface area (Å²) in [5.74, 6) is -0.405. The van der Waals surface area contributed by atoms with Crippen molar-refractivity contribution in [1.29, 1.82) is 0 Å². The van der Waals surface area contributed by atoms with E-state index in [0.717, 1.165) is 18.3 Å². The van der Waals surface area contributed by atoms with Crippen molar-refractivity contribution in [3.8, 4) is 0 Å². The van der Waals surface area contributed by atoms with Crippen LogP contribution in [0.25, 0.3) is 0 Å². The average Bonchev–Trinajstić information content (AvgIpc) is 3.19. The van der Waals surface area contributed by atoms with Crippen LogP contribution in [-0.2, 0) is 15.7 Å². The van der Waals surface area contributed by atoms with E-state index >= 15 is 0 Å². The molecule has 0 unspecified atom stereocenters. The normalized spacial score (nSPS) is 21.9. The van der Waals surface area contributed by atoms with Gasteiger partial charge in [0.2, 0.25) is 11.8 Å². The highest BCUT2D eigenvalue weighted by atomic mass is 19.4. The van der Waals surface area contributed by atoms with Crippen molar-refractivity contribution in [2.24, 2.45) is 0 Å². The van der Waals surface area contributed by atoms with Crippen LogP contribution < -0.4 is 10.2 Å². The minimum absolute atomic E-state index is 0.0343. The second kappa shape index (κ2) is 9.37.